The van der Waals surface area contributed by atoms with Gasteiger partial charge in [-0.15, -0.1) is 0 Å². The summed E-state index contributed by atoms with van der Waals surface area (Å²) in [5, 5.41) is 9.51. The molecule has 0 radical (unpaired) electrons. The second kappa shape index (κ2) is 6.88. The first-order valence-corrected chi connectivity index (χ1v) is 7.51. The van der Waals surface area contributed by atoms with Gasteiger partial charge in [0, 0.05) is 26.2 Å². The topological polar surface area (TPSA) is 30.3 Å². The summed E-state index contributed by atoms with van der Waals surface area (Å²) in [5.41, 5.74) is 2.49. The lowest BCUT2D eigenvalue weighted by molar-refractivity contribution is 0.133. The summed E-state index contributed by atoms with van der Waals surface area (Å²) in [4.78, 5) is 4.61. The van der Waals surface area contributed by atoms with Crippen LogP contribution in [0.3, 0.4) is 0 Å². The Morgan fingerprint density at radius 1 is 1.10 bits per heavy atom. The van der Waals surface area contributed by atoms with E-state index in [2.05, 4.69) is 61.0 Å². The zero-order valence-corrected chi connectivity index (χ0v) is 12.8. The fraction of sp³-hybridized carbons (Fsp3) is 0.588. The largest absolute Gasteiger partial charge is 0.304 e. The highest BCUT2D eigenvalue weighted by molar-refractivity contribution is 5.28. The summed E-state index contributed by atoms with van der Waals surface area (Å²) in [6.45, 7) is 8.50. The molecule has 0 aliphatic carbocycles. The predicted octanol–water partition coefficient (Wildman–Crippen LogP) is 2.70. The third kappa shape index (κ3) is 3.82. The lowest BCUT2D eigenvalue weighted by Crippen LogP contribution is -2.45. The maximum absolute atomic E-state index is 9.51. The smallest absolute Gasteiger partial charge is 0.123 e. The quantitative estimate of drug-likeness (QED) is 0.843. The van der Waals surface area contributed by atoms with E-state index in [-0.39, 0.29) is 6.04 Å². The first-order valence-electron chi connectivity index (χ1n) is 7.51. The summed E-state index contributed by atoms with van der Waals surface area (Å²) in [5.74, 6) is 0.672. The van der Waals surface area contributed by atoms with Gasteiger partial charge in [-0.2, -0.15) is 5.26 Å². The molecule has 0 saturated carbocycles. The predicted molar refractivity (Wildman–Crippen MR) is 82.4 cm³/mol. The van der Waals surface area contributed by atoms with Gasteiger partial charge in [-0.1, -0.05) is 38.1 Å². The molecule has 0 aromatic heterocycles. The van der Waals surface area contributed by atoms with Crippen molar-refractivity contribution in [2.45, 2.75) is 26.3 Å². The van der Waals surface area contributed by atoms with Crippen LogP contribution in [0, 0.1) is 17.2 Å². The van der Waals surface area contributed by atoms with Crippen molar-refractivity contribution in [3.05, 3.63) is 35.4 Å². The van der Waals surface area contributed by atoms with Gasteiger partial charge in [0.05, 0.1) is 6.07 Å². The van der Waals surface area contributed by atoms with Gasteiger partial charge >= 0.3 is 0 Å². The molecule has 0 amide bonds. The Morgan fingerprint density at radius 3 is 2.20 bits per heavy atom. The van der Waals surface area contributed by atoms with Crippen molar-refractivity contribution in [1.29, 1.82) is 5.26 Å². The number of likely N-dealkylation sites (N-methyl/N-ethyl adjacent to an activating group) is 1. The molecule has 1 atom stereocenters. The van der Waals surface area contributed by atoms with Crippen molar-refractivity contribution in [3.8, 4) is 6.07 Å². The van der Waals surface area contributed by atoms with Crippen LogP contribution in [0.5, 0.6) is 0 Å². The highest BCUT2D eigenvalue weighted by Crippen LogP contribution is 2.22. The average molecular weight is 271 g/mol. The van der Waals surface area contributed by atoms with Crippen LogP contribution in [-0.4, -0.2) is 43.0 Å². The lowest BCUT2D eigenvalue weighted by Gasteiger charge is -2.35. The molecule has 1 heterocycles. The molecule has 1 saturated heterocycles. The normalized spacial score (nSPS) is 18.9. The second-order valence-electron chi connectivity index (χ2n) is 6.21. The van der Waals surface area contributed by atoms with Gasteiger partial charge in [-0.25, -0.2) is 0 Å². The number of hydrogen-bond acceptors (Lipinski definition) is 3. The van der Waals surface area contributed by atoms with E-state index >= 15 is 0 Å². The van der Waals surface area contributed by atoms with Crippen LogP contribution >= 0.6 is 0 Å². The molecule has 1 fully saturated rings. The van der Waals surface area contributed by atoms with Crippen LogP contribution in [0.2, 0.25) is 0 Å². The van der Waals surface area contributed by atoms with E-state index in [0.717, 1.165) is 38.2 Å². The van der Waals surface area contributed by atoms with E-state index in [1.54, 1.807) is 0 Å². The molecule has 2 rings (SSSR count). The molecule has 0 bridgehead atoms. The number of hydrogen-bond donors (Lipinski definition) is 0. The molecule has 1 aliphatic heterocycles. The fourth-order valence-electron chi connectivity index (χ4n) is 2.75. The molecule has 3 nitrogen and oxygen atoms in total. The van der Waals surface area contributed by atoms with Crippen LogP contribution in [0.4, 0.5) is 0 Å². The second-order valence-corrected chi connectivity index (χ2v) is 6.21. The Bertz CT molecular complexity index is 450. The number of nitrogens with zero attached hydrogens (tertiary/aromatic N) is 3. The van der Waals surface area contributed by atoms with E-state index < -0.39 is 0 Å². The van der Waals surface area contributed by atoms with E-state index in [4.69, 9.17) is 0 Å². The van der Waals surface area contributed by atoms with Gasteiger partial charge in [0.25, 0.3) is 0 Å². The standard InChI is InChI=1S/C17H25N3/c1-14(2)12-15-4-6-16(7-5-15)17(13-18)20-10-8-19(3)9-11-20/h4-7,14,17H,8-12H2,1-3H3. The summed E-state index contributed by atoms with van der Waals surface area (Å²) in [7, 11) is 2.14. The van der Waals surface area contributed by atoms with Crippen LogP contribution in [0.1, 0.15) is 31.0 Å². The van der Waals surface area contributed by atoms with Crippen molar-refractivity contribution in [2.24, 2.45) is 5.92 Å². The Hall–Kier alpha value is -1.37. The molecule has 0 spiro atoms. The molecular weight excluding hydrogens is 246 g/mol. The summed E-state index contributed by atoms with van der Waals surface area (Å²) < 4.78 is 0. The Morgan fingerprint density at radius 2 is 1.70 bits per heavy atom. The van der Waals surface area contributed by atoms with Gasteiger partial charge in [0.15, 0.2) is 0 Å². The van der Waals surface area contributed by atoms with Crippen molar-refractivity contribution >= 4 is 0 Å². The number of piperazine rings is 1. The van der Waals surface area contributed by atoms with Crippen LogP contribution < -0.4 is 0 Å². The first-order chi connectivity index (χ1) is 9.60. The van der Waals surface area contributed by atoms with E-state index in [9.17, 15) is 5.26 Å². The Kier molecular flexibility index (Phi) is 5.17. The van der Waals surface area contributed by atoms with E-state index in [1.807, 2.05) is 0 Å². The highest BCUT2D eigenvalue weighted by atomic mass is 15.3. The Labute approximate surface area is 122 Å². The molecular formula is C17H25N3. The summed E-state index contributed by atoms with van der Waals surface area (Å²) in [6.07, 6.45) is 1.10. The van der Waals surface area contributed by atoms with Gasteiger partial charge in [0.2, 0.25) is 0 Å². The molecule has 1 aromatic rings. The summed E-state index contributed by atoms with van der Waals surface area (Å²) in [6, 6.07) is 11.0. The third-order valence-electron chi connectivity index (χ3n) is 3.96. The minimum atomic E-state index is -0.100. The minimum absolute atomic E-state index is 0.100. The van der Waals surface area contributed by atoms with E-state index in [0.29, 0.717) is 5.92 Å². The maximum atomic E-state index is 9.51. The van der Waals surface area contributed by atoms with Crippen molar-refractivity contribution in [2.75, 3.05) is 33.2 Å². The zero-order valence-electron chi connectivity index (χ0n) is 12.8. The number of nitriles is 1. The lowest BCUT2D eigenvalue weighted by atomic mass is 9.99. The SMILES string of the molecule is CC(C)Cc1ccc(C(C#N)N2CCN(C)CC2)cc1. The number of benzene rings is 1. The molecule has 3 heteroatoms. The monoisotopic (exact) mass is 271 g/mol. The van der Waals surface area contributed by atoms with Crippen LogP contribution in [-0.2, 0) is 6.42 Å². The number of rotatable bonds is 4. The van der Waals surface area contributed by atoms with Crippen molar-refractivity contribution < 1.29 is 0 Å². The van der Waals surface area contributed by atoms with Gasteiger partial charge in [-0.3, -0.25) is 4.90 Å². The molecule has 1 aliphatic rings. The average Bonchev–Trinajstić information content (AvgIpc) is 2.43. The van der Waals surface area contributed by atoms with Crippen LogP contribution in [0.15, 0.2) is 24.3 Å². The maximum Gasteiger partial charge on any atom is 0.123 e. The fourth-order valence-corrected chi connectivity index (χ4v) is 2.75. The molecule has 1 aromatic carbocycles. The van der Waals surface area contributed by atoms with Crippen molar-refractivity contribution in [1.82, 2.24) is 9.80 Å². The zero-order chi connectivity index (χ0) is 14.5. The summed E-state index contributed by atoms with van der Waals surface area (Å²) >= 11 is 0. The van der Waals surface area contributed by atoms with Gasteiger partial charge < -0.3 is 4.90 Å². The van der Waals surface area contributed by atoms with Gasteiger partial charge in [0.1, 0.15) is 6.04 Å². The molecule has 0 N–H and O–H groups in total. The molecule has 1 unspecified atom stereocenters. The minimum Gasteiger partial charge on any atom is -0.304 e. The van der Waals surface area contributed by atoms with Crippen molar-refractivity contribution in [3.63, 3.8) is 0 Å². The Balaban J connectivity index is 2.06. The molecule has 20 heavy (non-hydrogen) atoms. The molecule has 108 valence electrons. The van der Waals surface area contributed by atoms with Gasteiger partial charge in [-0.05, 0) is 30.5 Å². The first kappa shape index (κ1) is 15.0. The highest BCUT2D eigenvalue weighted by Gasteiger charge is 2.23. The van der Waals surface area contributed by atoms with E-state index in [1.165, 1.54) is 5.56 Å². The van der Waals surface area contributed by atoms with Crippen LogP contribution in [0.25, 0.3) is 0 Å². The third-order valence-corrected chi connectivity index (χ3v) is 3.96.